The van der Waals surface area contributed by atoms with E-state index in [1.54, 1.807) is 12.5 Å². The summed E-state index contributed by atoms with van der Waals surface area (Å²) in [4.78, 5) is 16.5. The Labute approximate surface area is 124 Å². The van der Waals surface area contributed by atoms with E-state index in [-0.39, 0.29) is 11.4 Å². The number of carbonyl (C=O) groups is 1. The van der Waals surface area contributed by atoms with Crippen LogP contribution in [0.1, 0.15) is 30.1 Å². The van der Waals surface area contributed by atoms with E-state index in [0.29, 0.717) is 5.56 Å². The lowest BCUT2D eigenvalue weighted by atomic mass is 9.90. The molecule has 0 bridgehead atoms. The van der Waals surface area contributed by atoms with E-state index >= 15 is 0 Å². The second-order valence-electron chi connectivity index (χ2n) is 5.79. The minimum absolute atomic E-state index is 0.0126. The highest BCUT2D eigenvalue weighted by Crippen LogP contribution is 2.18. The van der Waals surface area contributed by atoms with Crippen LogP contribution in [0.3, 0.4) is 0 Å². The molecule has 0 saturated carbocycles. The van der Waals surface area contributed by atoms with Crippen LogP contribution in [-0.4, -0.2) is 34.1 Å². The molecule has 0 aliphatic carbocycles. The molecule has 3 rings (SSSR count). The van der Waals surface area contributed by atoms with Gasteiger partial charge in [-0.2, -0.15) is 0 Å². The van der Waals surface area contributed by atoms with Crippen LogP contribution in [0.25, 0.3) is 5.69 Å². The van der Waals surface area contributed by atoms with Gasteiger partial charge in [-0.05, 0) is 51.1 Å². The SMILES string of the molecule is CC1(NC(=O)c2cccc(-n3ccnc3)c2)CCNCC1. The number of hydrogen-bond donors (Lipinski definition) is 2. The predicted octanol–water partition coefficient (Wildman–Crippen LogP) is 1.74. The Balaban J connectivity index is 1.77. The van der Waals surface area contributed by atoms with Crippen molar-refractivity contribution < 1.29 is 4.79 Å². The molecular formula is C16H20N4O. The van der Waals surface area contributed by atoms with E-state index in [2.05, 4.69) is 22.5 Å². The van der Waals surface area contributed by atoms with Crippen molar-refractivity contribution in [3.05, 3.63) is 48.5 Å². The predicted molar refractivity (Wildman–Crippen MR) is 81.5 cm³/mol. The Kier molecular flexibility index (Phi) is 3.75. The molecule has 1 amide bonds. The minimum Gasteiger partial charge on any atom is -0.347 e. The summed E-state index contributed by atoms with van der Waals surface area (Å²) in [5.74, 6) is -0.0126. The monoisotopic (exact) mass is 284 g/mol. The van der Waals surface area contributed by atoms with E-state index in [1.165, 1.54) is 0 Å². The van der Waals surface area contributed by atoms with Gasteiger partial charge in [-0.1, -0.05) is 6.07 Å². The molecule has 0 unspecified atom stereocenters. The fourth-order valence-corrected chi connectivity index (χ4v) is 2.67. The number of carbonyl (C=O) groups excluding carboxylic acids is 1. The first-order chi connectivity index (χ1) is 10.2. The summed E-state index contributed by atoms with van der Waals surface area (Å²) in [5, 5.41) is 6.50. The Morgan fingerprint density at radius 1 is 1.38 bits per heavy atom. The molecule has 0 radical (unpaired) electrons. The number of hydrogen-bond acceptors (Lipinski definition) is 3. The maximum Gasteiger partial charge on any atom is 0.251 e. The summed E-state index contributed by atoms with van der Waals surface area (Å²) in [5.41, 5.74) is 1.50. The molecule has 1 aliphatic heterocycles. The molecule has 110 valence electrons. The summed E-state index contributed by atoms with van der Waals surface area (Å²) in [6.07, 6.45) is 7.24. The Morgan fingerprint density at radius 2 is 2.19 bits per heavy atom. The summed E-state index contributed by atoms with van der Waals surface area (Å²) >= 11 is 0. The lowest BCUT2D eigenvalue weighted by molar-refractivity contribution is 0.0887. The van der Waals surface area contributed by atoms with Gasteiger partial charge in [0, 0.05) is 29.2 Å². The van der Waals surface area contributed by atoms with Crippen molar-refractivity contribution in [2.24, 2.45) is 0 Å². The fourth-order valence-electron chi connectivity index (χ4n) is 2.67. The van der Waals surface area contributed by atoms with Gasteiger partial charge in [0.1, 0.15) is 0 Å². The number of piperidine rings is 1. The van der Waals surface area contributed by atoms with E-state index in [0.717, 1.165) is 31.6 Å². The van der Waals surface area contributed by atoms with Crippen LogP contribution >= 0.6 is 0 Å². The lowest BCUT2D eigenvalue weighted by Crippen LogP contribution is -2.52. The Morgan fingerprint density at radius 3 is 2.90 bits per heavy atom. The van der Waals surface area contributed by atoms with Gasteiger partial charge in [0.05, 0.1) is 6.33 Å². The summed E-state index contributed by atoms with van der Waals surface area (Å²) < 4.78 is 1.89. The average Bonchev–Trinajstić information content (AvgIpc) is 3.02. The van der Waals surface area contributed by atoms with Gasteiger partial charge in [-0.25, -0.2) is 4.98 Å². The number of rotatable bonds is 3. The molecule has 1 aliphatic rings. The first-order valence-corrected chi connectivity index (χ1v) is 7.28. The second kappa shape index (κ2) is 5.69. The van der Waals surface area contributed by atoms with Crippen LogP contribution in [-0.2, 0) is 0 Å². The van der Waals surface area contributed by atoms with Crippen LogP contribution in [0.4, 0.5) is 0 Å². The highest BCUT2D eigenvalue weighted by atomic mass is 16.1. The van der Waals surface area contributed by atoms with Gasteiger partial charge in [0.15, 0.2) is 0 Å². The van der Waals surface area contributed by atoms with Gasteiger partial charge in [0.2, 0.25) is 0 Å². The largest absolute Gasteiger partial charge is 0.347 e. The van der Waals surface area contributed by atoms with E-state index in [9.17, 15) is 4.79 Å². The standard InChI is InChI=1S/C16H20N4O/c1-16(5-7-17-8-6-16)19-15(21)13-3-2-4-14(11-13)20-10-9-18-12-20/h2-4,9-12,17H,5-8H2,1H3,(H,19,21). The first kappa shape index (κ1) is 13.8. The normalized spacial score (nSPS) is 17.4. The van der Waals surface area contributed by atoms with Gasteiger partial charge in [0.25, 0.3) is 5.91 Å². The lowest BCUT2D eigenvalue weighted by Gasteiger charge is -2.35. The molecule has 1 saturated heterocycles. The van der Waals surface area contributed by atoms with Crippen molar-refractivity contribution in [2.45, 2.75) is 25.3 Å². The summed E-state index contributed by atoms with van der Waals surface area (Å²) in [6.45, 7) is 4.02. The maximum absolute atomic E-state index is 12.5. The Bertz CT molecular complexity index is 615. The molecule has 0 spiro atoms. The zero-order valence-corrected chi connectivity index (χ0v) is 12.2. The van der Waals surface area contributed by atoms with E-state index in [4.69, 9.17) is 0 Å². The highest BCUT2D eigenvalue weighted by molar-refractivity contribution is 5.95. The van der Waals surface area contributed by atoms with Gasteiger partial charge in [-0.15, -0.1) is 0 Å². The van der Waals surface area contributed by atoms with Gasteiger partial charge in [-0.3, -0.25) is 4.79 Å². The molecule has 1 aromatic heterocycles. The topological polar surface area (TPSA) is 59.0 Å². The zero-order chi connectivity index (χ0) is 14.7. The van der Waals surface area contributed by atoms with Crippen molar-refractivity contribution >= 4 is 5.91 Å². The molecule has 1 aromatic carbocycles. The van der Waals surface area contributed by atoms with E-state index < -0.39 is 0 Å². The molecular weight excluding hydrogens is 264 g/mol. The average molecular weight is 284 g/mol. The van der Waals surface area contributed by atoms with Crippen LogP contribution < -0.4 is 10.6 Å². The minimum atomic E-state index is -0.118. The van der Waals surface area contributed by atoms with Gasteiger partial charge >= 0.3 is 0 Å². The van der Waals surface area contributed by atoms with Crippen molar-refractivity contribution in [3.8, 4) is 5.69 Å². The van der Waals surface area contributed by atoms with Crippen LogP contribution in [0.5, 0.6) is 0 Å². The van der Waals surface area contributed by atoms with Crippen LogP contribution in [0.2, 0.25) is 0 Å². The van der Waals surface area contributed by atoms with Crippen LogP contribution in [0.15, 0.2) is 43.0 Å². The second-order valence-corrected chi connectivity index (χ2v) is 5.79. The van der Waals surface area contributed by atoms with Crippen molar-refractivity contribution in [2.75, 3.05) is 13.1 Å². The molecule has 0 atom stereocenters. The number of nitrogens with one attached hydrogen (secondary N) is 2. The number of benzene rings is 1. The summed E-state index contributed by atoms with van der Waals surface area (Å²) in [6, 6.07) is 7.60. The van der Waals surface area contributed by atoms with Crippen molar-refractivity contribution in [1.82, 2.24) is 20.2 Å². The molecule has 2 N–H and O–H groups in total. The maximum atomic E-state index is 12.5. The molecule has 21 heavy (non-hydrogen) atoms. The third kappa shape index (κ3) is 3.13. The number of amides is 1. The molecule has 5 nitrogen and oxygen atoms in total. The number of nitrogens with zero attached hydrogens (tertiary/aromatic N) is 2. The molecule has 2 aromatic rings. The first-order valence-electron chi connectivity index (χ1n) is 7.28. The highest BCUT2D eigenvalue weighted by Gasteiger charge is 2.28. The van der Waals surface area contributed by atoms with Crippen molar-refractivity contribution in [1.29, 1.82) is 0 Å². The zero-order valence-electron chi connectivity index (χ0n) is 12.2. The molecule has 2 heterocycles. The number of imidazole rings is 1. The van der Waals surface area contributed by atoms with E-state index in [1.807, 2.05) is 35.0 Å². The smallest absolute Gasteiger partial charge is 0.251 e. The van der Waals surface area contributed by atoms with Crippen molar-refractivity contribution in [3.63, 3.8) is 0 Å². The quantitative estimate of drug-likeness (QED) is 0.902. The molecule has 1 fully saturated rings. The van der Waals surface area contributed by atoms with Crippen LogP contribution in [0, 0.1) is 0 Å². The van der Waals surface area contributed by atoms with Gasteiger partial charge < -0.3 is 15.2 Å². The number of aromatic nitrogens is 2. The molecule has 5 heteroatoms. The summed E-state index contributed by atoms with van der Waals surface area (Å²) in [7, 11) is 0. The third-order valence-electron chi connectivity index (χ3n) is 4.03. The third-order valence-corrected chi connectivity index (χ3v) is 4.03. The Hall–Kier alpha value is -2.14. The fraction of sp³-hybridized carbons (Fsp3) is 0.375.